The van der Waals surface area contributed by atoms with Crippen molar-refractivity contribution >= 4 is 29.7 Å². The summed E-state index contributed by atoms with van der Waals surface area (Å²) in [7, 11) is 0. The van der Waals surface area contributed by atoms with Gasteiger partial charge in [-0.15, -0.1) is 11.8 Å². The van der Waals surface area contributed by atoms with E-state index in [1.807, 2.05) is 18.4 Å². The number of ether oxygens (including phenoxy) is 1. The first-order valence-corrected chi connectivity index (χ1v) is 7.69. The lowest BCUT2D eigenvalue weighted by atomic mass is 10.2. The van der Waals surface area contributed by atoms with E-state index >= 15 is 0 Å². The molecule has 1 heterocycles. The van der Waals surface area contributed by atoms with E-state index in [0.29, 0.717) is 18.7 Å². The Balaban J connectivity index is 1.97. The fraction of sp³-hybridized carbons (Fsp3) is 0.357. The molecule has 6 nitrogen and oxygen atoms in total. The van der Waals surface area contributed by atoms with Crippen molar-refractivity contribution in [3.05, 3.63) is 29.8 Å². The van der Waals surface area contributed by atoms with Crippen molar-refractivity contribution in [3.8, 4) is 0 Å². The van der Waals surface area contributed by atoms with Gasteiger partial charge in [0.25, 0.3) is 5.91 Å². The molecule has 1 aliphatic heterocycles. The fourth-order valence-electron chi connectivity index (χ4n) is 1.91. The molecule has 1 atom stereocenters. The summed E-state index contributed by atoms with van der Waals surface area (Å²) < 4.78 is 5.12. The molecule has 112 valence electrons. The third-order valence-corrected chi connectivity index (χ3v) is 3.82. The average Bonchev–Trinajstić information content (AvgIpc) is 2.92. The van der Waals surface area contributed by atoms with Crippen LogP contribution in [0.1, 0.15) is 17.3 Å². The quantitative estimate of drug-likeness (QED) is 0.674. The number of esters is 1. The molecule has 1 aromatic carbocycles. The Morgan fingerprint density at radius 2 is 2.00 bits per heavy atom. The van der Waals surface area contributed by atoms with Crippen LogP contribution in [-0.2, 0) is 9.53 Å². The summed E-state index contributed by atoms with van der Waals surface area (Å²) in [6.45, 7) is 2.17. The topological polar surface area (TPSA) is 75.7 Å². The summed E-state index contributed by atoms with van der Waals surface area (Å²) in [6, 6.07) is 6.46. The minimum atomic E-state index is -0.999. The molecule has 0 spiro atoms. The standard InChI is InChI=1S/C14H16N2O4S/c1-9(12(17)16-8-7-15-14(16)19)20-13(18)10-3-5-11(21-2)6-4-10/h3-6,9H,7-8H2,1-2H3,(H,15,19). The zero-order valence-electron chi connectivity index (χ0n) is 11.8. The number of hydrogen-bond donors (Lipinski definition) is 1. The zero-order valence-corrected chi connectivity index (χ0v) is 12.6. The minimum absolute atomic E-state index is 0.294. The number of imide groups is 1. The third-order valence-electron chi connectivity index (χ3n) is 3.08. The van der Waals surface area contributed by atoms with Crippen LogP contribution in [0.25, 0.3) is 0 Å². The van der Waals surface area contributed by atoms with Crippen molar-refractivity contribution < 1.29 is 19.1 Å². The number of carbonyl (C=O) groups is 3. The SMILES string of the molecule is CSc1ccc(C(=O)OC(C)C(=O)N2CCNC2=O)cc1. The molecular weight excluding hydrogens is 292 g/mol. The van der Waals surface area contributed by atoms with Crippen LogP contribution >= 0.6 is 11.8 Å². The molecule has 3 amide bonds. The Hall–Kier alpha value is -2.02. The van der Waals surface area contributed by atoms with Crippen LogP contribution in [-0.4, -0.2) is 48.3 Å². The summed E-state index contributed by atoms with van der Waals surface area (Å²) in [6.07, 6.45) is 0.941. The van der Waals surface area contributed by atoms with Gasteiger partial charge >= 0.3 is 12.0 Å². The van der Waals surface area contributed by atoms with Crippen molar-refractivity contribution in [1.82, 2.24) is 10.2 Å². The molecule has 0 radical (unpaired) electrons. The Bertz CT molecular complexity index is 559. The second-order valence-electron chi connectivity index (χ2n) is 4.50. The van der Waals surface area contributed by atoms with Crippen LogP contribution in [0.3, 0.4) is 0 Å². The van der Waals surface area contributed by atoms with Gasteiger partial charge in [-0.1, -0.05) is 0 Å². The zero-order chi connectivity index (χ0) is 15.4. The number of amides is 3. The molecule has 0 aromatic heterocycles. The molecule has 2 rings (SSSR count). The summed E-state index contributed by atoms with van der Waals surface area (Å²) in [5.74, 6) is -1.10. The maximum absolute atomic E-state index is 12.0. The highest BCUT2D eigenvalue weighted by atomic mass is 32.2. The van der Waals surface area contributed by atoms with E-state index in [0.717, 1.165) is 9.80 Å². The van der Waals surface area contributed by atoms with E-state index in [4.69, 9.17) is 4.74 Å². The highest BCUT2D eigenvalue weighted by Gasteiger charge is 2.31. The first-order valence-electron chi connectivity index (χ1n) is 6.47. The number of rotatable bonds is 4. The lowest BCUT2D eigenvalue weighted by Crippen LogP contribution is -2.41. The Morgan fingerprint density at radius 1 is 1.33 bits per heavy atom. The van der Waals surface area contributed by atoms with Gasteiger partial charge in [-0.3, -0.25) is 9.69 Å². The molecule has 0 bridgehead atoms. The number of thioether (sulfide) groups is 1. The maximum Gasteiger partial charge on any atom is 0.338 e. The summed E-state index contributed by atoms with van der Waals surface area (Å²) in [4.78, 5) is 37.4. The molecule has 1 N–H and O–H groups in total. The van der Waals surface area contributed by atoms with E-state index in [1.54, 1.807) is 23.9 Å². The number of nitrogens with one attached hydrogen (secondary N) is 1. The smallest absolute Gasteiger partial charge is 0.338 e. The van der Waals surface area contributed by atoms with Crippen LogP contribution in [0.5, 0.6) is 0 Å². The van der Waals surface area contributed by atoms with Crippen LogP contribution in [0.2, 0.25) is 0 Å². The minimum Gasteiger partial charge on any atom is -0.449 e. The molecule has 1 aliphatic rings. The van der Waals surface area contributed by atoms with E-state index < -0.39 is 24.0 Å². The molecule has 1 saturated heterocycles. The summed E-state index contributed by atoms with van der Waals surface area (Å²) in [5, 5.41) is 2.53. The van der Waals surface area contributed by atoms with Gasteiger partial charge < -0.3 is 10.1 Å². The van der Waals surface area contributed by atoms with Gasteiger partial charge in [0, 0.05) is 18.0 Å². The van der Waals surface area contributed by atoms with Gasteiger partial charge in [0.1, 0.15) is 0 Å². The Morgan fingerprint density at radius 3 is 2.52 bits per heavy atom. The van der Waals surface area contributed by atoms with Gasteiger partial charge in [0.05, 0.1) is 5.56 Å². The van der Waals surface area contributed by atoms with Gasteiger partial charge in [0.2, 0.25) is 0 Å². The highest BCUT2D eigenvalue weighted by molar-refractivity contribution is 7.98. The van der Waals surface area contributed by atoms with Crippen LogP contribution < -0.4 is 5.32 Å². The number of carbonyl (C=O) groups excluding carboxylic acids is 3. The van der Waals surface area contributed by atoms with Crippen molar-refractivity contribution in [2.75, 3.05) is 19.3 Å². The molecular formula is C14H16N2O4S. The lowest BCUT2D eigenvalue weighted by molar-refractivity contribution is -0.136. The monoisotopic (exact) mass is 308 g/mol. The predicted octanol–water partition coefficient (Wildman–Crippen LogP) is 1.51. The largest absolute Gasteiger partial charge is 0.449 e. The van der Waals surface area contributed by atoms with Gasteiger partial charge in [-0.25, -0.2) is 9.59 Å². The summed E-state index contributed by atoms with van der Waals surface area (Å²) >= 11 is 1.57. The van der Waals surface area contributed by atoms with E-state index in [1.165, 1.54) is 6.92 Å². The van der Waals surface area contributed by atoms with Crippen LogP contribution in [0, 0.1) is 0 Å². The van der Waals surface area contributed by atoms with Gasteiger partial charge in [-0.2, -0.15) is 0 Å². The number of nitrogens with zero attached hydrogens (tertiary/aromatic N) is 1. The third kappa shape index (κ3) is 3.55. The molecule has 1 unspecified atom stereocenters. The van der Waals surface area contributed by atoms with Gasteiger partial charge in [-0.05, 0) is 37.4 Å². The van der Waals surface area contributed by atoms with E-state index in [-0.39, 0.29) is 0 Å². The Labute approximate surface area is 126 Å². The molecule has 1 aromatic rings. The second-order valence-corrected chi connectivity index (χ2v) is 5.38. The van der Waals surface area contributed by atoms with Crippen LogP contribution in [0.4, 0.5) is 4.79 Å². The molecule has 0 aliphatic carbocycles. The number of hydrogen-bond acceptors (Lipinski definition) is 5. The maximum atomic E-state index is 12.0. The normalized spacial score (nSPS) is 15.5. The number of benzene rings is 1. The van der Waals surface area contributed by atoms with E-state index in [9.17, 15) is 14.4 Å². The highest BCUT2D eigenvalue weighted by Crippen LogP contribution is 2.16. The van der Waals surface area contributed by atoms with Crippen LogP contribution in [0.15, 0.2) is 29.2 Å². The molecule has 1 fully saturated rings. The van der Waals surface area contributed by atoms with Crippen molar-refractivity contribution in [2.45, 2.75) is 17.9 Å². The first-order chi connectivity index (χ1) is 10.0. The van der Waals surface area contributed by atoms with Crippen molar-refractivity contribution in [2.24, 2.45) is 0 Å². The molecule has 0 saturated carbocycles. The van der Waals surface area contributed by atoms with E-state index in [2.05, 4.69) is 5.32 Å². The molecule has 7 heteroatoms. The Kier molecular flexibility index (Phi) is 4.85. The summed E-state index contributed by atoms with van der Waals surface area (Å²) in [5.41, 5.74) is 0.373. The van der Waals surface area contributed by atoms with Gasteiger partial charge in [0.15, 0.2) is 6.10 Å². The van der Waals surface area contributed by atoms with Crippen molar-refractivity contribution in [1.29, 1.82) is 0 Å². The number of urea groups is 1. The van der Waals surface area contributed by atoms with Crippen molar-refractivity contribution in [3.63, 3.8) is 0 Å². The lowest BCUT2D eigenvalue weighted by Gasteiger charge is -2.18. The first kappa shape index (κ1) is 15.4. The molecule has 21 heavy (non-hydrogen) atoms. The fourth-order valence-corrected chi connectivity index (χ4v) is 2.32. The predicted molar refractivity (Wildman–Crippen MR) is 78.2 cm³/mol. The second kappa shape index (κ2) is 6.62. The average molecular weight is 308 g/mol.